The molecule has 1 aliphatic heterocycles. The Morgan fingerprint density at radius 3 is 2.61 bits per heavy atom. The Kier molecular flexibility index (Phi) is 6.11. The Balaban J connectivity index is 1.49. The van der Waals surface area contributed by atoms with E-state index in [2.05, 4.69) is 10.6 Å². The summed E-state index contributed by atoms with van der Waals surface area (Å²) in [7, 11) is 0. The molecule has 2 aromatic rings. The lowest BCUT2D eigenvalue weighted by Crippen LogP contribution is -2.35. The molecule has 0 aliphatic carbocycles. The van der Waals surface area contributed by atoms with E-state index in [0.717, 1.165) is 16.9 Å². The summed E-state index contributed by atoms with van der Waals surface area (Å²) in [6.07, 6.45) is 0.650. The zero-order valence-electron chi connectivity index (χ0n) is 15.1. The third-order valence-electron chi connectivity index (χ3n) is 4.28. The lowest BCUT2D eigenvalue weighted by atomic mass is 10.0. The van der Waals surface area contributed by atoms with Gasteiger partial charge < -0.3 is 25.8 Å². The Labute approximate surface area is 162 Å². The minimum absolute atomic E-state index is 0.173. The zero-order chi connectivity index (χ0) is 19.9. The maximum Gasteiger partial charge on any atom is 0.338 e. The largest absolute Gasteiger partial charge is 0.493 e. The van der Waals surface area contributed by atoms with E-state index in [4.69, 9.17) is 15.2 Å². The average molecular weight is 383 g/mol. The van der Waals surface area contributed by atoms with Crippen molar-refractivity contribution in [2.24, 2.45) is 5.73 Å². The van der Waals surface area contributed by atoms with Gasteiger partial charge in [-0.15, -0.1) is 0 Å². The van der Waals surface area contributed by atoms with Crippen molar-refractivity contribution in [3.63, 3.8) is 0 Å². The van der Waals surface area contributed by atoms with Crippen LogP contribution in [0.4, 0.5) is 4.79 Å². The van der Waals surface area contributed by atoms with Crippen molar-refractivity contribution in [1.29, 1.82) is 0 Å². The number of hydrogen-bond acceptors (Lipinski definition) is 5. The molecule has 8 nitrogen and oxygen atoms in total. The molecule has 3 amide bonds. The summed E-state index contributed by atoms with van der Waals surface area (Å²) in [6.45, 7) is 0.404. The molecule has 4 N–H and O–H groups in total. The highest BCUT2D eigenvalue weighted by atomic mass is 16.5. The van der Waals surface area contributed by atoms with Crippen LogP contribution in [-0.4, -0.2) is 31.1 Å². The number of para-hydroxylation sites is 1. The number of carbonyl (C=O) groups excluding carboxylic acids is 3. The SMILES string of the molecule is NC(=O)NCc1ccc(C(=O)OCC(=O)NC2CCOc3ccccc32)cc1. The van der Waals surface area contributed by atoms with Crippen LogP contribution in [0.5, 0.6) is 5.75 Å². The van der Waals surface area contributed by atoms with E-state index < -0.39 is 12.0 Å². The molecule has 1 atom stereocenters. The van der Waals surface area contributed by atoms with Crippen molar-refractivity contribution in [1.82, 2.24) is 10.6 Å². The predicted molar refractivity (Wildman–Crippen MR) is 101 cm³/mol. The number of urea groups is 1. The molecule has 28 heavy (non-hydrogen) atoms. The van der Waals surface area contributed by atoms with Crippen LogP contribution in [0.1, 0.15) is 33.9 Å². The molecule has 0 saturated heterocycles. The summed E-state index contributed by atoms with van der Waals surface area (Å²) in [5.41, 5.74) is 7.02. The van der Waals surface area contributed by atoms with Gasteiger partial charge in [-0.3, -0.25) is 4.79 Å². The second-order valence-corrected chi connectivity index (χ2v) is 6.29. The Hall–Kier alpha value is -3.55. The van der Waals surface area contributed by atoms with Crippen molar-refractivity contribution < 1.29 is 23.9 Å². The first-order valence-corrected chi connectivity index (χ1v) is 8.83. The van der Waals surface area contributed by atoms with E-state index in [1.54, 1.807) is 24.3 Å². The second-order valence-electron chi connectivity index (χ2n) is 6.29. The molecule has 8 heteroatoms. The predicted octanol–water partition coefficient (Wildman–Crippen LogP) is 1.65. The van der Waals surface area contributed by atoms with E-state index in [1.165, 1.54) is 0 Å². The van der Waals surface area contributed by atoms with Crippen LogP contribution in [0, 0.1) is 0 Å². The highest BCUT2D eigenvalue weighted by molar-refractivity contribution is 5.91. The summed E-state index contributed by atoms with van der Waals surface area (Å²) in [6, 6.07) is 13.2. The topological polar surface area (TPSA) is 120 Å². The quantitative estimate of drug-likeness (QED) is 0.655. The first kappa shape index (κ1) is 19.2. The normalized spacial score (nSPS) is 14.9. The van der Waals surface area contributed by atoms with Crippen LogP contribution in [0.15, 0.2) is 48.5 Å². The fourth-order valence-corrected chi connectivity index (χ4v) is 2.89. The van der Waals surface area contributed by atoms with Crippen molar-refractivity contribution in [2.75, 3.05) is 13.2 Å². The van der Waals surface area contributed by atoms with Crippen LogP contribution < -0.4 is 21.1 Å². The maximum absolute atomic E-state index is 12.2. The van der Waals surface area contributed by atoms with E-state index in [0.29, 0.717) is 18.6 Å². The minimum atomic E-state index is -0.623. The van der Waals surface area contributed by atoms with Gasteiger partial charge in [0.2, 0.25) is 0 Å². The number of ether oxygens (including phenoxy) is 2. The molecular weight excluding hydrogens is 362 g/mol. The first-order valence-electron chi connectivity index (χ1n) is 8.83. The smallest absolute Gasteiger partial charge is 0.338 e. The molecule has 3 rings (SSSR count). The lowest BCUT2D eigenvalue weighted by molar-refractivity contribution is -0.125. The van der Waals surface area contributed by atoms with Crippen molar-refractivity contribution in [3.8, 4) is 5.75 Å². The van der Waals surface area contributed by atoms with Crippen molar-refractivity contribution >= 4 is 17.9 Å². The number of nitrogens with two attached hydrogens (primary N) is 1. The summed E-state index contributed by atoms with van der Waals surface area (Å²) in [5.74, 6) is -0.226. The standard InChI is InChI=1S/C20H21N3O5/c21-20(26)22-11-13-5-7-14(8-6-13)19(25)28-12-18(24)23-16-9-10-27-17-4-2-1-3-15(16)17/h1-8,16H,9-12H2,(H,23,24)(H3,21,22,26). The van der Waals surface area contributed by atoms with Gasteiger partial charge in [0.1, 0.15) is 5.75 Å². The first-order chi connectivity index (χ1) is 13.5. The van der Waals surface area contributed by atoms with Gasteiger partial charge in [0.25, 0.3) is 5.91 Å². The van der Waals surface area contributed by atoms with Crippen molar-refractivity contribution in [2.45, 2.75) is 19.0 Å². The Morgan fingerprint density at radius 1 is 1.11 bits per heavy atom. The third-order valence-corrected chi connectivity index (χ3v) is 4.28. The van der Waals surface area contributed by atoms with Crippen LogP contribution in [0.2, 0.25) is 0 Å². The van der Waals surface area contributed by atoms with Gasteiger partial charge >= 0.3 is 12.0 Å². The van der Waals surface area contributed by atoms with Gasteiger partial charge in [0.05, 0.1) is 18.2 Å². The van der Waals surface area contributed by atoms with Crippen molar-refractivity contribution in [3.05, 3.63) is 65.2 Å². The van der Waals surface area contributed by atoms with Gasteiger partial charge in [-0.25, -0.2) is 9.59 Å². The number of rotatable bonds is 6. The Morgan fingerprint density at radius 2 is 1.86 bits per heavy atom. The van der Waals surface area contributed by atoms with E-state index in [1.807, 2.05) is 24.3 Å². The van der Waals surface area contributed by atoms with E-state index >= 15 is 0 Å². The summed E-state index contributed by atoms with van der Waals surface area (Å²) < 4.78 is 10.7. The summed E-state index contributed by atoms with van der Waals surface area (Å²) >= 11 is 0. The molecule has 1 heterocycles. The van der Waals surface area contributed by atoms with Gasteiger partial charge in [0, 0.05) is 18.5 Å². The number of esters is 1. The molecule has 1 aliphatic rings. The molecule has 0 aromatic heterocycles. The van der Waals surface area contributed by atoms with Gasteiger partial charge in [-0.05, 0) is 23.8 Å². The molecular formula is C20H21N3O5. The minimum Gasteiger partial charge on any atom is -0.493 e. The van der Waals surface area contributed by atoms with Crippen LogP contribution in [-0.2, 0) is 16.1 Å². The number of carbonyl (C=O) groups is 3. The number of amides is 3. The van der Waals surface area contributed by atoms with Gasteiger partial charge in [-0.1, -0.05) is 30.3 Å². The fourth-order valence-electron chi connectivity index (χ4n) is 2.89. The highest BCUT2D eigenvalue weighted by Crippen LogP contribution is 2.31. The third kappa shape index (κ3) is 5.00. The molecule has 0 saturated carbocycles. The summed E-state index contributed by atoms with van der Waals surface area (Å²) in [4.78, 5) is 35.0. The van der Waals surface area contributed by atoms with Crippen LogP contribution in [0.25, 0.3) is 0 Å². The highest BCUT2D eigenvalue weighted by Gasteiger charge is 2.23. The monoisotopic (exact) mass is 383 g/mol. The number of nitrogens with one attached hydrogen (secondary N) is 2. The maximum atomic E-state index is 12.2. The number of primary amides is 1. The van der Waals surface area contributed by atoms with Gasteiger partial charge in [-0.2, -0.15) is 0 Å². The van der Waals surface area contributed by atoms with E-state index in [9.17, 15) is 14.4 Å². The number of benzene rings is 2. The molecule has 0 radical (unpaired) electrons. The van der Waals surface area contributed by atoms with E-state index in [-0.39, 0.29) is 25.1 Å². The molecule has 0 spiro atoms. The number of fused-ring (bicyclic) bond motifs is 1. The van der Waals surface area contributed by atoms with Crippen LogP contribution in [0.3, 0.4) is 0 Å². The average Bonchev–Trinajstić information content (AvgIpc) is 2.71. The fraction of sp³-hybridized carbons (Fsp3) is 0.250. The summed E-state index contributed by atoms with van der Waals surface area (Å²) in [5, 5.41) is 5.33. The molecule has 0 fully saturated rings. The molecule has 0 bridgehead atoms. The van der Waals surface area contributed by atoms with Gasteiger partial charge in [0.15, 0.2) is 6.61 Å². The molecule has 146 valence electrons. The lowest BCUT2D eigenvalue weighted by Gasteiger charge is -2.26. The zero-order valence-corrected chi connectivity index (χ0v) is 15.1. The Bertz CT molecular complexity index is 866. The van der Waals surface area contributed by atoms with Crippen LogP contribution >= 0.6 is 0 Å². The number of hydrogen-bond donors (Lipinski definition) is 3. The molecule has 1 unspecified atom stereocenters. The molecule has 2 aromatic carbocycles. The second kappa shape index (κ2) is 8.90.